The van der Waals surface area contributed by atoms with Crippen LogP contribution >= 0.6 is 11.6 Å². The Bertz CT molecular complexity index is 583. The van der Waals surface area contributed by atoms with Crippen LogP contribution in [-0.2, 0) is 0 Å². The molecule has 1 atom stereocenters. The number of benzene rings is 1. The standard InChI is InChI=1S/C14H15ClN2O/c1-3-9(2)17-14(18)11-7-10-5-4-6-12(15)13(10)16-8-11/h4-9H,3H2,1-2H3,(H,17,18). The molecule has 0 saturated carbocycles. The van der Waals surface area contributed by atoms with Gasteiger partial charge in [0.25, 0.3) is 5.91 Å². The highest BCUT2D eigenvalue weighted by Crippen LogP contribution is 2.21. The number of halogens is 1. The number of carbonyl (C=O) groups is 1. The molecule has 1 aromatic carbocycles. The molecule has 0 radical (unpaired) electrons. The molecule has 0 aliphatic carbocycles. The number of nitrogens with one attached hydrogen (secondary N) is 1. The average molecular weight is 263 g/mol. The van der Waals surface area contributed by atoms with Gasteiger partial charge in [-0.25, -0.2) is 0 Å². The van der Waals surface area contributed by atoms with Gasteiger partial charge in [-0.2, -0.15) is 0 Å². The van der Waals surface area contributed by atoms with Gasteiger partial charge in [-0.05, 0) is 25.5 Å². The van der Waals surface area contributed by atoms with E-state index < -0.39 is 0 Å². The Labute approximate surface area is 111 Å². The Kier molecular flexibility index (Phi) is 3.82. The third kappa shape index (κ3) is 2.62. The van der Waals surface area contributed by atoms with E-state index in [4.69, 9.17) is 11.6 Å². The van der Waals surface area contributed by atoms with Gasteiger partial charge in [0.1, 0.15) is 0 Å². The fourth-order valence-electron chi connectivity index (χ4n) is 1.66. The first-order chi connectivity index (χ1) is 8.61. The summed E-state index contributed by atoms with van der Waals surface area (Å²) >= 11 is 6.03. The van der Waals surface area contributed by atoms with Gasteiger partial charge >= 0.3 is 0 Å². The van der Waals surface area contributed by atoms with Crippen LogP contribution in [0.3, 0.4) is 0 Å². The lowest BCUT2D eigenvalue weighted by Gasteiger charge is -2.11. The van der Waals surface area contributed by atoms with Gasteiger partial charge in [0.05, 0.1) is 16.1 Å². The van der Waals surface area contributed by atoms with Crippen LogP contribution in [0.5, 0.6) is 0 Å². The number of pyridine rings is 1. The maximum absolute atomic E-state index is 12.0. The van der Waals surface area contributed by atoms with Crippen LogP contribution in [0, 0.1) is 0 Å². The molecule has 94 valence electrons. The zero-order chi connectivity index (χ0) is 13.1. The van der Waals surface area contributed by atoms with Crippen LogP contribution in [0.15, 0.2) is 30.5 Å². The Balaban J connectivity index is 2.33. The topological polar surface area (TPSA) is 42.0 Å². The second kappa shape index (κ2) is 5.36. The molecule has 0 aliphatic heterocycles. The molecule has 2 aromatic rings. The van der Waals surface area contributed by atoms with E-state index in [2.05, 4.69) is 10.3 Å². The molecule has 1 N–H and O–H groups in total. The molecular weight excluding hydrogens is 248 g/mol. The Morgan fingerprint density at radius 1 is 1.50 bits per heavy atom. The van der Waals surface area contributed by atoms with Crippen molar-refractivity contribution in [3.63, 3.8) is 0 Å². The third-order valence-corrected chi connectivity index (χ3v) is 3.22. The Morgan fingerprint density at radius 2 is 2.28 bits per heavy atom. The van der Waals surface area contributed by atoms with Gasteiger partial charge in [0, 0.05) is 17.6 Å². The van der Waals surface area contributed by atoms with Gasteiger partial charge in [0.15, 0.2) is 0 Å². The number of nitrogens with zero attached hydrogens (tertiary/aromatic N) is 1. The first kappa shape index (κ1) is 12.8. The number of aromatic nitrogens is 1. The molecule has 0 saturated heterocycles. The van der Waals surface area contributed by atoms with Crippen molar-refractivity contribution in [3.05, 3.63) is 41.0 Å². The summed E-state index contributed by atoms with van der Waals surface area (Å²) in [6.07, 6.45) is 2.46. The molecule has 0 spiro atoms. The first-order valence-electron chi connectivity index (χ1n) is 5.97. The summed E-state index contributed by atoms with van der Waals surface area (Å²) in [6, 6.07) is 7.51. The number of fused-ring (bicyclic) bond motifs is 1. The summed E-state index contributed by atoms with van der Waals surface area (Å²) in [5, 5.41) is 4.39. The lowest BCUT2D eigenvalue weighted by atomic mass is 10.1. The van der Waals surface area contributed by atoms with Crippen molar-refractivity contribution in [2.45, 2.75) is 26.3 Å². The fraction of sp³-hybridized carbons (Fsp3) is 0.286. The summed E-state index contributed by atoms with van der Waals surface area (Å²) in [4.78, 5) is 16.2. The minimum Gasteiger partial charge on any atom is -0.350 e. The Hall–Kier alpha value is -1.61. The van der Waals surface area contributed by atoms with Crippen molar-refractivity contribution in [3.8, 4) is 0 Å². The molecule has 1 heterocycles. The molecule has 1 amide bonds. The third-order valence-electron chi connectivity index (χ3n) is 2.91. The maximum atomic E-state index is 12.0. The molecule has 3 nitrogen and oxygen atoms in total. The SMILES string of the molecule is CCC(C)NC(=O)c1cnc2c(Cl)cccc2c1. The normalized spacial score (nSPS) is 12.4. The van der Waals surface area contributed by atoms with E-state index in [1.54, 1.807) is 12.3 Å². The van der Waals surface area contributed by atoms with Crippen LogP contribution in [0.25, 0.3) is 10.9 Å². The molecule has 0 fully saturated rings. The van der Waals surface area contributed by atoms with E-state index >= 15 is 0 Å². The predicted octanol–water partition coefficient (Wildman–Crippen LogP) is 3.42. The van der Waals surface area contributed by atoms with Gasteiger partial charge in [-0.3, -0.25) is 9.78 Å². The van der Waals surface area contributed by atoms with E-state index in [0.29, 0.717) is 10.6 Å². The molecule has 18 heavy (non-hydrogen) atoms. The molecule has 4 heteroatoms. The lowest BCUT2D eigenvalue weighted by molar-refractivity contribution is 0.0939. The van der Waals surface area contributed by atoms with E-state index in [0.717, 1.165) is 17.3 Å². The minimum atomic E-state index is -0.0984. The molecule has 1 unspecified atom stereocenters. The smallest absolute Gasteiger partial charge is 0.253 e. The molecule has 2 rings (SSSR count). The van der Waals surface area contributed by atoms with Crippen LogP contribution in [0.4, 0.5) is 0 Å². The number of amides is 1. The zero-order valence-electron chi connectivity index (χ0n) is 10.4. The van der Waals surface area contributed by atoms with Crippen molar-refractivity contribution in [2.24, 2.45) is 0 Å². The van der Waals surface area contributed by atoms with Crippen molar-refractivity contribution >= 4 is 28.4 Å². The van der Waals surface area contributed by atoms with Crippen LogP contribution in [-0.4, -0.2) is 16.9 Å². The van der Waals surface area contributed by atoms with Crippen molar-refractivity contribution in [1.82, 2.24) is 10.3 Å². The highest BCUT2D eigenvalue weighted by atomic mass is 35.5. The van der Waals surface area contributed by atoms with Gasteiger partial charge in [-0.15, -0.1) is 0 Å². The molecule has 1 aromatic heterocycles. The second-order valence-electron chi connectivity index (χ2n) is 4.32. The summed E-state index contributed by atoms with van der Waals surface area (Å²) in [5.41, 5.74) is 1.28. The number of para-hydroxylation sites is 1. The second-order valence-corrected chi connectivity index (χ2v) is 4.73. The van der Waals surface area contributed by atoms with Gasteiger partial charge in [-0.1, -0.05) is 30.7 Å². The number of hydrogen-bond donors (Lipinski definition) is 1. The summed E-state index contributed by atoms with van der Waals surface area (Å²) in [7, 11) is 0. The molecule has 0 bridgehead atoms. The van der Waals surface area contributed by atoms with E-state index in [1.165, 1.54) is 0 Å². The van der Waals surface area contributed by atoms with Gasteiger partial charge < -0.3 is 5.32 Å². The summed E-state index contributed by atoms with van der Waals surface area (Å²) in [6.45, 7) is 4.01. The van der Waals surface area contributed by atoms with E-state index in [-0.39, 0.29) is 11.9 Å². The highest BCUT2D eigenvalue weighted by molar-refractivity contribution is 6.35. The summed E-state index contributed by atoms with van der Waals surface area (Å²) < 4.78 is 0. The van der Waals surface area contributed by atoms with E-state index in [9.17, 15) is 4.79 Å². The van der Waals surface area contributed by atoms with Gasteiger partial charge in [0.2, 0.25) is 0 Å². The van der Waals surface area contributed by atoms with Crippen molar-refractivity contribution in [1.29, 1.82) is 0 Å². The van der Waals surface area contributed by atoms with Crippen LogP contribution in [0.2, 0.25) is 5.02 Å². The number of carbonyl (C=O) groups excluding carboxylic acids is 1. The average Bonchev–Trinajstić information content (AvgIpc) is 2.38. The minimum absolute atomic E-state index is 0.0984. The van der Waals surface area contributed by atoms with E-state index in [1.807, 2.05) is 32.0 Å². The quantitative estimate of drug-likeness (QED) is 0.921. The summed E-state index contributed by atoms with van der Waals surface area (Å²) in [5.74, 6) is -0.0984. The predicted molar refractivity (Wildman–Crippen MR) is 74.0 cm³/mol. The monoisotopic (exact) mass is 262 g/mol. The van der Waals surface area contributed by atoms with Crippen molar-refractivity contribution in [2.75, 3.05) is 0 Å². The zero-order valence-corrected chi connectivity index (χ0v) is 11.2. The molecular formula is C14H15ClN2O. The molecule has 0 aliphatic rings. The van der Waals surface area contributed by atoms with Crippen LogP contribution in [0.1, 0.15) is 30.6 Å². The first-order valence-corrected chi connectivity index (χ1v) is 6.34. The number of rotatable bonds is 3. The lowest BCUT2D eigenvalue weighted by Crippen LogP contribution is -2.31. The Morgan fingerprint density at radius 3 is 3.00 bits per heavy atom. The largest absolute Gasteiger partial charge is 0.350 e. The maximum Gasteiger partial charge on any atom is 0.253 e. The van der Waals surface area contributed by atoms with Crippen molar-refractivity contribution < 1.29 is 4.79 Å². The van der Waals surface area contributed by atoms with Crippen LogP contribution < -0.4 is 5.32 Å². The highest BCUT2D eigenvalue weighted by Gasteiger charge is 2.10. The number of hydrogen-bond acceptors (Lipinski definition) is 2. The fourth-order valence-corrected chi connectivity index (χ4v) is 1.89.